The lowest BCUT2D eigenvalue weighted by atomic mass is 9.78. The summed E-state index contributed by atoms with van der Waals surface area (Å²) in [5.74, 6) is 1.26. The fourth-order valence-corrected chi connectivity index (χ4v) is 2.80. The van der Waals surface area contributed by atoms with Crippen LogP contribution in [0.4, 0.5) is 0 Å². The molecule has 22 heavy (non-hydrogen) atoms. The second-order valence-corrected chi connectivity index (χ2v) is 5.43. The van der Waals surface area contributed by atoms with Crippen LogP contribution in [-0.4, -0.2) is 24.7 Å². The van der Waals surface area contributed by atoms with Gasteiger partial charge in [-0.25, -0.2) is 0 Å². The molecule has 118 valence electrons. The molecular weight excluding hydrogens is 278 g/mol. The number of pyridine rings is 1. The first kappa shape index (κ1) is 16.3. The van der Waals surface area contributed by atoms with Crippen molar-refractivity contribution in [3.8, 4) is 5.75 Å². The van der Waals surface area contributed by atoms with Gasteiger partial charge in [0.25, 0.3) is 0 Å². The molecule has 2 unspecified atom stereocenters. The van der Waals surface area contributed by atoms with Crippen LogP contribution in [0.15, 0.2) is 36.7 Å². The summed E-state index contributed by atoms with van der Waals surface area (Å²) >= 11 is 0. The van der Waals surface area contributed by atoms with Crippen LogP contribution in [0.2, 0.25) is 0 Å². The van der Waals surface area contributed by atoms with Crippen molar-refractivity contribution in [3.05, 3.63) is 42.3 Å². The van der Waals surface area contributed by atoms with Gasteiger partial charge in [-0.2, -0.15) is 0 Å². The number of esters is 1. The average molecular weight is 301 g/mol. The molecule has 1 aromatic rings. The second-order valence-electron chi connectivity index (χ2n) is 5.43. The third-order valence-corrected chi connectivity index (χ3v) is 3.97. The maximum absolute atomic E-state index is 11.5. The van der Waals surface area contributed by atoms with Crippen LogP contribution in [0.3, 0.4) is 0 Å². The van der Waals surface area contributed by atoms with Crippen LogP contribution < -0.4 is 4.74 Å². The lowest BCUT2D eigenvalue weighted by Crippen LogP contribution is -2.16. The number of aromatic nitrogens is 1. The van der Waals surface area contributed by atoms with Crippen LogP contribution in [-0.2, 0) is 9.53 Å². The Kier molecular flexibility index (Phi) is 5.75. The Hall–Kier alpha value is -2.10. The van der Waals surface area contributed by atoms with Gasteiger partial charge in [-0.1, -0.05) is 25.2 Å². The van der Waals surface area contributed by atoms with E-state index in [0.717, 1.165) is 17.7 Å². The van der Waals surface area contributed by atoms with Gasteiger partial charge in [0.1, 0.15) is 5.75 Å². The Bertz CT molecular complexity index is 577. The van der Waals surface area contributed by atoms with Gasteiger partial charge >= 0.3 is 5.97 Å². The van der Waals surface area contributed by atoms with E-state index in [0.29, 0.717) is 18.9 Å². The van der Waals surface area contributed by atoms with E-state index in [4.69, 9.17) is 9.47 Å². The van der Waals surface area contributed by atoms with Crippen molar-refractivity contribution in [2.75, 3.05) is 13.7 Å². The summed E-state index contributed by atoms with van der Waals surface area (Å²) in [6, 6.07) is 2.01. The lowest BCUT2D eigenvalue weighted by molar-refractivity contribution is -0.140. The molecule has 0 fully saturated rings. The van der Waals surface area contributed by atoms with Crippen LogP contribution in [0, 0.1) is 11.8 Å². The van der Waals surface area contributed by atoms with Crippen molar-refractivity contribution in [1.82, 2.24) is 4.98 Å². The van der Waals surface area contributed by atoms with Gasteiger partial charge < -0.3 is 9.47 Å². The first-order chi connectivity index (χ1) is 10.7. The molecule has 0 radical (unpaired) electrons. The van der Waals surface area contributed by atoms with Gasteiger partial charge in [0.15, 0.2) is 0 Å². The number of ether oxygens (including phenoxy) is 2. The zero-order valence-corrected chi connectivity index (χ0v) is 13.4. The van der Waals surface area contributed by atoms with Crippen molar-refractivity contribution < 1.29 is 14.3 Å². The monoisotopic (exact) mass is 301 g/mol. The molecule has 0 saturated heterocycles. The summed E-state index contributed by atoms with van der Waals surface area (Å²) in [5.41, 5.74) is 2.25. The van der Waals surface area contributed by atoms with Crippen LogP contribution >= 0.6 is 0 Å². The third kappa shape index (κ3) is 3.97. The molecule has 1 aliphatic rings. The first-order valence-corrected chi connectivity index (χ1v) is 7.69. The Morgan fingerprint density at radius 3 is 2.91 bits per heavy atom. The standard InChI is InChI=1S/C18H23NO3/c1-4-22-15-10-14(11-19-12-15)17-7-5-6-13(2)16(17)8-9-18(20)21-3/h5-7,10-13,16H,4,8-9H2,1-3H3. The van der Waals surface area contributed by atoms with E-state index >= 15 is 0 Å². The van der Waals surface area contributed by atoms with Gasteiger partial charge in [-0.3, -0.25) is 9.78 Å². The number of carbonyl (C=O) groups excluding carboxylic acids is 1. The topological polar surface area (TPSA) is 48.4 Å². The minimum atomic E-state index is -0.165. The molecule has 0 aliphatic heterocycles. The zero-order chi connectivity index (χ0) is 15.9. The highest BCUT2D eigenvalue weighted by atomic mass is 16.5. The van der Waals surface area contributed by atoms with Gasteiger partial charge in [0.05, 0.1) is 19.9 Å². The quantitative estimate of drug-likeness (QED) is 0.753. The second kappa shape index (κ2) is 7.78. The number of hydrogen-bond acceptors (Lipinski definition) is 4. The number of nitrogens with zero attached hydrogens (tertiary/aromatic N) is 1. The van der Waals surface area contributed by atoms with E-state index in [1.54, 1.807) is 6.20 Å². The van der Waals surface area contributed by atoms with Gasteiger partial charge in [-0.05, 0) is 42.4 Å². The highest BCUT2D eigenvalue weighted by Gasteiger charge is 2.24. The summed E-state index contributed by atoms with van der Waals surface area (Å²) in [5, 5.41) is 0. The number of methoxy groups -OCH3 is 1. The molecule has 2 rings (SSSR count). The van der Waals surface area contributed by atoms with Gasteiger partial charge in [-0.15, -0.1) is 0 Å². The fourth-order valence-electron chi connectivity index (χ4n) is 2.80. The molecule has 4 nitrogen and oxygen atoms in total. The molecule has 0 saturated carbocycles. The largest absolute Gasteiger partial charge is 0.492 e. The fraction of sp³-hybridized carbons (Fsp3) is 0.444. The van der Waals surface area contributed by atoms with Crippen molar-refractivity contribution in [2.24, 2.45) is 11.8 Å². The van der Waals surface area contributed by atoms with E-state index in [1.165, 1.54) is 12.7 Å². The smallest absolute Gasteiger partial charge is 0.305 e. The predicted molar refractivity (Wildman–Crippen MR) is 86.4 cm³/mol. The normalized spacial score (nSPS) is 20.4. The van der Waals surface area contributed by atoms with E-state index in [2.05, 4.69) is 30.1 Å². The molecule has 0 amide bonds. The molecule has 1 aromatic heterocycles. The van der Waals surface area contributed by atoms with Crippen LogP contribution in [0.1, 0.15) is 32.3 Å². The third-order valence-electron chi connectivity index (χ3n) is 3.97. The predicted octanol–water partition coefficient (Wildman–Crippen LogP) is 3.64. The lowest BCUT2D eigenvalue weighted by Gasteiger charge is -2.27. The van der Waals surface area contributed by atoms with E-state index < -0.39 is 0 Å². The molecule has 1 heterocycles. The van der Waals surface area contributed by atoms with E-state index in [9.17, 15) is 4.79 Å². The molecule has 2 atom stereocenters. The number of carbonyl (C=O) groups is 1. The Morgan fingerprint density at radius 2 is 2.18 bits per heavy atom. The molecule has 0 bridgehead atoms. The molecule has 0 spiro atoms. The molecule has 0 N–H and O–H groups in total. The highest BCUT2D eigenvalue weighted by Crippen LogP contribution is 2.37. The van der Waals surface area contributed by atoms with Crippen molar-refractivity contribution in [1.29, 1.82) is 0 Å². The van der Waals surface area contributed by atoms with Crippen molar-refractivity contribution >= 4 is 11.5 Å². The minimum Gasteiger partial charge on any atom is -0.492 e. The SMILES string of the molecule is CCOc1cncc(C2=CC=CC(C)C2CCC(=O)OC)c1. The minimum absolute atomic E-state index is 0.165. The van der Waals surface area contributed by atoms with Gasteiger partial charge in [0, 0.05) is 12.6 Å². The Labute approximate surface area is 131 Å². The van der Waals surface area contributed by atoms with Gasteiger partial charge in [0.2, 0.25) is 0 Å². The van der Waals surface area contributed by atoms with Crippen LogP contribution in [0.25, 0.3) is 5.57 Å². The molecule has 4 heteroatoms. The Balaban J connectivity index is 2.21. The molecule has 1 aliphatic carbocycles. The average Bonchev–Trinajstić information content (AvgIpc) is 2.53. The maximum Gasteiger partial charge on any atom is 0.305 e. The highest BCUT2D eigenvalue weighted by molar-refractivity contribution is 5.73. The number of rotatable bonds is 6. The summed E-state index contributed by atoms with van der Waals surface area (Å²) in [7, 11) is 1.43. The Morgan fingerprint density at radius 1 is 1.36 bits per heavy atom. The first-order valence-electron chi connectivity index (χ1n) is 7.69. The van der Waals surface area contributed by atoms with E-state index in [-0.39, 0.29) is 11.9 Å². The van der Waals surface area contributed by atoms with Crippen molar-refractivity contribution in [2.45, 2.75) is 26.7 Å². The summed E-state index contributed by atoms with van der Waals surface area (Å²) in [6.07, 6.45) is 11.1. The number of hydrogen-bond donors (Lipinski definition) is 0. The zero-order valence-electron chi connectivity index (χ0n) is 13.4. The summed E-state index contributed by atoms with van der Waals surface area (Å²) < 4.78 is 10.3. The summed E-state index contributed by atoms with van der Waals surface area (Å²) in [4.78, 5) is 15.7. The molecule has 0 aromatic carbocycles. The van der Waals surface area contributed by atoms with E-state index in [1.807, 2.05) is 19.2 Å². The molecular formula is C18H23NO3. The number of allylic oxidation sites excluding steroid dienone is 4. The van der Waals surface area contributed by atoms with Crippen LogP contribution in [0.5, 0.6) is 5.75 Å². The van der Waals surface area contributed by atoms with Crippen molar-refractivity contribution in [3.63, 3.8) is 0 Å². The summed E-state index contributed by atoms with van der Waals surface area (Å²) in [6.45, 7) is 4.74. The maximum atomic E-state index is 11.5.